The molecule has 15 nitrogen and oxygen atoms in total. The van der Waals surface area contributed by atoms with Crippen molar-refractivity contribution in [3.8, 4) is 0 Å². The second-order valence-corrected chi connectivity index (χ2v) is 12.2. The second kappa shape index (κ2) is 15.3. The molecular formula is C30H35ClN10O5S. The van der Waals surface area contributed by atoms with Crippen LogP contribution in [-0.4, -0.2) is 72.2 Å². The van der Waals surface area contributed by atoms with Crippen LogP contribution < -0.4 is 32.7 Å². The summed E-state index contributed by atoms with van der Waals surface area (Å²) in [5, 5.41) is 11.0. The van der Waals surface area contributed by atoms with Gasteiger partial charge in [-0.25, -0.2) is 0 Å². The van der Waals surface area contributed by atoms with Crippen molar-refractivity contribution in [1.29, 1.82) is 0 Å². The first-order valence-corrected chi connectivity index (χ1v) is 16.0. The smallest absolute Gasteiger partial charge is 0.272 e. The van der Waals surface area contributed by atoms with Crippen LogP contribution in [0.5, 0.6) is 0 Å². The van der Waals surface area contributed by atoms with Crippen LogP contribution in [-0.2, 0) is 31.9 Å². The molecule has 0 aliphatic carbocycles. The van der Waals surface area contributed by atoms with Crippen LogP contribution in [0.3, 0.4) is 0 Å². The number of benzene rings is 1. The van der Waals surface area contributed by atoms with E-state index in [2.05, 4.69) is 26.3 Å². The molecule has 0 saturated heterocycles. The molecule has 0 saturated carbocycles. The molecule has 17 heteroatoms. The summed E-state index contributed by atoms with van der Waals surface area (Å²) in [5.74, 6) is -0.788. The lowest BCUT2D eigenvalue weighted by atomic mass is 10.2. The minimum absolute atomic E-state index is 0.0686. The Balaban J connectivity index is 1.36. The monoisotopic (exact) mass is 682 g/mol. The number of carbonyl (C=O) groups is 4. The minimum atomic E-state index is -1.24. The van der Waals surface area contributed by atoms with Crippen LogP contribution in [0.1, 0.15) is 41.8 Å². The molecule has 47 heavy (non-hydrogen) atoms. The quantitative estimate of drug-likeness (QED) is 0.0532. The van der Waals surface area contributed by atoms with Crippen LogP contribution in [0, 0.1) is 0 Å². The van der Waals surface area contributed by atoms with Crippen LogP contribution in [0.2, 0.25) is 0 Å². The van der Waals surface area contributed by atoms with Crippen molar-refractivity contribution in [3.05, 3.63) is 83.6 Å². The van der Waals surface area contributed by atoms with E-state index in [0.717, 1.165) is 0 Å². The maximum Gasteiger partial charge on any atom is 0.272 e. The second-order valence-electron chi connectivity index (χ2n) is 10.3. The van der Waals surface area contributed by atoms with Gasteiger partial charge in [0.2, 0.25) is 0 Å². The van der Waals surface area contributed by atoms with Crippen LogP contribution in [0.4, 0.5) is 17.2 Å². The Morgan fingerprint density at radius 1 is 0.787 bits per heavy atom. The van der Waals surface area contributed by atoms with Gasteiger partial charge in [0.15, 0.2) is 5.96 Å². The normalized spacial score (nSPS) is 11.4. The fourth-order valence-corrected chi connectivity index (χ4v) is 5.79. The number of hydrogen-bond acceptors (Lipinski definition) is 6. The first kappa shape index (κ1) is 34.5. The van der Waals surface area contributed by atoms with E-state index in [1.54, 1.807) is 79.1 Å². The van der Waals surface area contributed by atoms with Gasteiger partial charge in [-0.3, -0.25) is 28.4 Å². The number of alkyl halides is 1. The summed E-state index contributed by atoms with van der Waals surface area (Å²) in [6, 6.07) is 12.6. The van der Waals surface area contributed by atoms with E-state index in [-0.39, 0.29) is 42.2 Å². The van der Waals surface area contributed by atoms with Crippen molar-refractivity contribution in [3.63, 3.8) is 0 Å². The third-order valence-corrected chi connectivity index (χ3v) is 8.71. The number of carbonyl (C=O) groups excluding carboxylic acids is 4. The van der Waals surface area contributed by atoms with Crippen molar-refractivity contribution < 1.29 is 23.4 Å². The van der Waals surface area contributed by atoms with E-state index in [0.29, 0.717) is 39.1 Å². The molecular weight excluding hydrogens is 648 g/mol. The van der Waals surface area contributed by atoms with Crippen molar-refractivity contribution in [2.75, 3.05) is 40.7 Å². The van der Waals surface area contributed by atoms with Gasteiger partial charge in [0.05, 0.1) is 28.7 Å². The average Bonchev–Trinajstić information content (AvgIpc) is 3.70. The van der Waals surface area contributed by atoms with E-state index in [9.17, 15) is 23.4 Å². The highest BCUT2D eigenvalue weighted by molar-refractivity contribution is 7.85. The standard InChI is InChI=1S/C30H35ClN10O5S/c1-39-16-19(14-23(39)27(43)34-11-12-35-30(32)33)37-29(45)24-15-20(17-40(24)2)36-28(44)22-8-9-25(41(22)3)38-26(42)18-4-6-21(7-5-18)47(46)13-10-31/h4-9,14-17H,10-13H2,1-3H3,(H,34,43)(H,36,44)(H,37,45)(H,38,42)(H4,32,33,35). The molecule has 1 atom stereocenters. The number of guanidine groups is 1. The minimum Gasteiger partial charge on any atom is -0.370 e. The van der Waals surface area contributed by atoms with E-state index in [4.69, 9.17) is 23.1 Å². The zero-order valence-corrected chi connectivity index (χ0v) is 27.4. The van der Waals surface area contributed by atoms with Gasteiger partial charge in [-0.05, 0) is 48.5 Å². The number of anilines is 3. The molecule has 0 aliphatic rings. The van der Waals surface area contributed by atoms with E-state index < -0.39 is 28.5 Å². The number of nitrogens with two attached hydrogens (primary N) is 2. The van der Waals surface area contributed by atoms with Gasteiger partial charge >= 0.3 is 0 Å². The molecule has 248 valence electrons. The number of nitrogens with zero attached hydrogens (tertiary/aromatic N) is 4. The SMILES string of the molecule is Cn1cc(NC(=O)c2cc(NC(=O)c3ccc(NC(=O)c4ccc(S(=O)CCCl)cc4)n3C)cn2C)cc1C(=O)NCCN=C(N)N. The number of aromatic nitrogens is 3. The molecule has 0 aliphatic heterocycles. The molecule has 3 aromatic heterocycles. The predicted molar refractivity (Wildman–Crippen MR) is 182 cm³/mol. The Morgan fingerprint density at radius 2 is 1.36 bits per heavy atom. The number of amides is 4. The van der Waals surface area contributed by atoms with E-state index >= 15 is 0 Å². The van der Waals surface area contributed by atoms with Gasteiger partial charge < -0.3 is 46.4 Å². The highest BCUT2D eigenvalue weighted by Crippen LogP contribution is 2.20. The summed E-state index contributed by atoms with van der Waals surface area (Å²) in [5.41, 5.74) is 12.5. The largest absolute Gasteiger partial charge is 0.370 e. The summed E-state index contributed by atoms with van der Waals surface area (Å²) in [6.07, 6.45) is 3.18. The third-order valence-electron chi connectivity index (χ3n) is 6.92. The summed E-state index contributed by atoms with van der Waals surface area (Å²) in [7, 11) is 3.72. The van der Waals surface area contributed by atoms with Crippen molar-refractivity contribution in [2.24, 2.45) is 37.6 Å². The first-order chi connectivity index (χ1) is 22.4. The Morgan fingerprint density at radius 3 is 1.94 bits per heavy atom. The molecule has 1 aromatic carbocycles. The number of aliphatic imine (C=N–C) groups is 1. The lowest BCUT2D eigenvalue weighted by molar-refractivity contribution is 0.0944. The molecule has 3 heterocycles. The summed E-state index contributed by atoms with van der Waals surface area (Å²) in [6.45, 7) is 0.461. The number of aryl methyl sites for hydroxylation is 2. The fraction of sp³-hybridized carbons (Fsp3) is 0.233. The van der Waals surface area contributed by atoms with Gasteiger partial charge in [-0.2, -0.15) is 0 Å². The van der Waals surface area contributed by atoms with Gasteiger partial charge in [-0.1, -0.05) is 0 Å². The summed E-state index contributed by atoms with van der Waals surface area (Å²) >= 11 is 5.66. The molecule has 0 radical (unpaired) electrons. The zero-order chi connectivity index (χ0) is 34.2. The molecule has 0 spiro atoms. The Hall–Kier alpha value is -5.35. The topological polar surface area (TPSA) is 213 Å². The third kappa shape index (κ3) is 8.68. The van der Waals surface area contributed by atoms with Crippen molar-refractivity contribution in [2.45, 2.75) is 4.90 Å². The lowest BCUT2D eigenvalue weighted by Gasteiger charge is -2.10. The predicted octanol–water partition coefficient (Wildman–Crippen LogP) is 1.81. The highest BCUT2D eigenvalue weighted by atomic mass is 35.5. The average molecular weight is 683 g/mol. The van der Waals surface area contributed by atoms with E-state index in [1.807, 2.05) is 0 Å². The zero-order valence-electron chi connectivity index (χ0n) is 25.9. The molecule has 0 bridgehead atoms. The van der Waals surface area contributed by atoms with Crippen LogP contribution in [0.15, 0.2) is 70.8 Å². The Bertz CT molecular complexity index is 1850. The highest BCUT2D eigenvalue weighted by Gasteiger charge is 2.19. The van der Waals surface area contributed by atoms with Crippen LogP contribution in [0.25, 0.3) is 0 Å². The lowest BCUT2D eigenvalue weighted by Crippen LogP contribution is -2.29. The summed E-state index contributed by atoms with van der Waals surface area (Å²) in [4.78, 5) is 55.9. The van der Waals surface area contributed by atoms with E-state index in [1.165, 1.54) is 16.7 Å². The van der Waals surface area contributed by atoms with Gasteiger partial charge in [0.1, 0.15) is 22.9 Å². The maximum atomic E-state index is 13.1. The molecule has 4 aromatic rings. The van der Waals surface area contributed by atoms with Gasteiger partial charge in [0, 0.05) is 62.2 Å². The molecule has 4 amide bonds. The Kier molecular flexibility index (Phi) is 11.2. The van der Waals surface area contributed by atoms with Gasteiger partial charge in [0.25, 0.3) is 23.6 Å². The number of nitrogens with one attached hydrogen (secondary N) is 4. The summed E-state index contributed by atoms with van der Waals surface area (Å²) < 4.78 is 16.8. The number of hydrogen-bond donors (Lipinski definition) is 6. The fourth-order valence-electron chi connectivity index (χ4n) is 4.55. The van der Waals surface area contributed by atoms with Gasteiger partial charge in [-0.15, -0.1) is 11.6 Å². The first-order valence-electron chi connectivity index (χ1n) is 14.2. The van der Waals surface area contributed by atoms with Crippen LogP contribution >= 0.6 is 11.6 Å². The maximum absolute atomic E-state index is 13.1. The number of halogens is 1. The molecule has 4 rings (SSSR count). The molecule has 1 unspecified atom stereocenters. The molecule has 8 N–H and O–H groups in total. The van der Waals surface area contributed by atoms with Crippen molar-refractivity contribution >= 4 is 69.2 Å². The Labute approximate surface area is 277 Å². The number of rotatable bonds is 13. The molecule has 0 fully saturated rings. The van der Waals surface area contributed by atoms with Crippen molar-refractivity contribution in [1.82, 2.24) is 19.0 Å².